The molecule has 0 aliphatic carbocycles. The lowest BCUT2D eigenvalue weighted by atomic mass is 10.0. The van der Waals surface area contributed by atoms with Crippen molar-refractivity contribution in [2.24, 2.45) is 0 Å². The minimum absolute atomic E-state index is 0.0199. The van der Waals surface area contributed by atoms with E-state index in [2.05, 4.69) is 5.32 Å². The van der Waals surface area contributed by atoms with Crippen molar-refractivity contribution in [3.8, 4) is 0 Å². The van der Waals surface area contributed by atoms with Crippen molar-refractivity contribution >= 4 is 27.5 Å². The topological polar surface area (TPSA) is 86.8 Å². The summed E-state index contributed by atoms with van der Waals surface area (Å²) in [5.41, 5.74) is 0.214. The third kappa shape index (κ3) is 10.1. The summed E-state index contributed by atoms with van der Waals surface area (Å²) in [5.74, 6) is -1.30. The largest absolute Gasteiger partial charge is 0.416 e. The zero-order valence-corrected chi connectivity index (χ0v) is 25.7. The smallest absolute Gasteiger partial charge is 0.352 e. The summed E-state index contributed by atoms with van der Waals surface area (Å²) < 4.78 is 79.5. The molecule has 2 amide bonds. The van der Waals surface area contributed by atoms with Gasteiger partial charge in [-0.25, -0.2) is 12.8 Å². The monoisotopic (exact) mass is 635 g/mol. The predicted octanol–water partition coefficient (Wildman–Crippen LogP) is 5.95. The Morgan fingerprint density at radius 1 is 0.932 bits per heavy atom. The SMILES string of the molecule is CC[C@H](C)NC(=O)[C@H](Cc1ccccc1)N(Cc1ccc(F)cc1)C(=O)CCCN(c1cccc(C(F)(F)F)c1)S(C)(=O)=O. The van der Waals surface area contributed by atoms with Crippen molar-refractivity contribution in [1.29, 1.82) is 0 Å². The normalized spacial score (nSPS) is 13.2. The van der Waals surface area contributed by atoms with Gasteiger partial charge in [0.2, 0.25) is 21.8 Å². The predicted molar refractivity (Wildman–Crippen MR) is 162 cm³/mol. The van der Waals surface area contributed by atoms with Gasteiger partial charge in [0, 0.05) is 32.0 Å². The van der Waals surface area contributed by atoms with Crippen LogP contribution in [0.2, 0.25) is 0 Å². The zero-order valence-electron chi connectivity index (χ0n) is 24.9. The number of carbonyl (C=O) groups is 2. The molecule has 0 radical (unpaired) electrons. The van der Waals surface area contributed by atoms with E-state index >= 15 is 0 Å². The van der Waals surface area contributed by atoms with Crippen LogP contribution in [0.1, 0.15) is 49.8 Å². The van der Waals surface area contributed by atoms with Crippen molar-refractivity contribution in [1.82, 2.24) is 10.2 Å². The van der Waals surface area contributed by atoms with Gasteiger partial charge in [-0.05, 0) is 61.2 Å². The molecule has 3 rings (SSSR count). The number of nitrogens with zero attached hydrogens (tertiary/aromatic N) is 2. The molecule has 44 heavy (non-hydrogen) atoms. The molecule has 1 N–H and O–H groups in total. The van der Waals surface area contributed by atoms with E-state index in [1.54, 1.807) is 0 Å². The van der Waals surface area contributed by atoms with Gasteiger partial charge in [-0.15, -0.1) is 0 Å². The van der Waals surface area contributed by atoms with Crippen LogP contribution in [0.5, 0.6) is 0 Å². The average Bonchev–Trinajstić information content (AvgIpc) is 2.97. The maximum absolute atomic E-state index is 13.8. The molecule has 3 aromatic carbocycles. The third-order valence-electron chi connectivity index (χ3n) is 7.15. The summed E-state index contributed by atoms with van der Waals surface area (Å²) in [7, 11) is -4.00. The van der Waals surface area contributed by atoms with Gasteiger partial charge in [0.25, 0.3) is 0 Å². The van der Waals surface area contributed by atoms with E-state index in [4.69, 9.17) is 0 Å². The van der Waals surface area contributed by atoms with Gasteiger partial charge in [-0.3, -0.25) is 13.9 Å². The van der Waals surface area contributed by atoms with Crippen molar-refractivity contribution < 1.29 is 35.6 Å². The second kappa shape index (κ2) is 15.2. The molecule has 0 heterocycles. The van der Waals surface area contributed by atoms with Crippen LogP contribution < -0.4 is 9.62 Å². The highest BCUT2D eigenvalue weighted by Gasteiger charge is 2.33. The van der Waals surface area contributed by atoms with E-state index in [-0.39, 0.29) is 50.0 Å². The molecule has 0 saturated heterocycles. The number of rotatable bonds is 14. The molecule has 0 bridgehead atoms. The number of carbonyl (C=O) groups excluding carboxylic acids is 2. The number of hydrogen-bond acceptors (Lipinski definition) is 4. The standard InChI is InChI=1S/C32H37F4N3O4S/c1-4-23(2)37-31(41)29(20-24-10-6-5-7-11-24)38(22-25-15-17-27(33)18-16-25)30(40)14-9-19-39(44(3,42)43)28-13-8-12-26(21-28)32(34,35)36/h5-8,10-13,15-18,21,23,29H,4,9,14,19-20,22H2,1-3H3,(H,37,41)/t23-,29-/m0/s1. The zero-order chi connectivity index (χ0) is 32.5. The minimum Gasteiger partial charge on any atom is -0.352 e. The van der Waals surface area contributed by atoms with Gasteiger partial charge in [-0.1, -0.05) is 55.5 Å². The Kier molecular flexibility index (Phi) is 11.9. The number of alkyl halides is 3. The maximum Gasteiger partial charge on any atom is 0.416 e. The van der Waals surface area contributed by atoms with Gasteiger partial charge in [0.1, 0.15) is 11.9 Å². The van der Waals surface area contributed by atoms with Crippen molar-refractivity contribution in [3.63, 3.8) is 0 Å². The number of nitrogens with one attached hydrogen (secondary N) is 1. The van der Waals surface area contributed by atoms with Crippen LogP contribution in [0.4, 0.5) is 23.2 Å². The summed E-state index contributed by atoms with van der Waals surface area (Å²) in [4.78, 5) is 28.8. The molecule has 0 aliphatic rings. The molecule has 3 aromatic rings. The number of halogens is 4. The molecule has 0 fully saturated rings. The Balaban J connectivity index is 1.90. The first-order valence-electron chi connectivity index (χ1n) is 14.2. The first-order valence-corrected chi connectivity index (χ1v) is 16.1. The summed E-state index contributed by atoms with van der Waals surface area (Å²) >= 11 is 0. The highest BCUT2D eigenvalue weighted by molar-refractivity contribution is 7.92. The minimum atomic E-state index is -4.67. The van der Waals surface area contributed by atoms with Crippen molar-refractivity contribution in [2.45, 2.75) is 64.3 Å². The molecular formula is C32H37F4N3O4S. The van der Waals surface area contributed by atoms with Gasteiger partial charge in [0.15, 0.2) is 0 Å². The third-order valence-corrected chi connectivity index (χ3v) is 8.35. The quantitative estimate of drug-likeness (QED) is 0.222. The lowest BCUT2D eigenvalue weighted by Gasteiger charge is -2.32. The molecular weight excluding hydrogens is 598 g/mol. The maximum atomic E-state index is 13.8. The van der Waals surface area contributed by atoms with Crippen LogP contribution >= 0.6 is 0 Å². The molecule has 12 heteroatoms. The number of hydrogen-bond donors (Lipinski definition) is 1. The Bertz CT molecular complexity index is 1500. The first-order chi connectivity index (χ1) is 20.7. The molecule has 0 saturated carbocycles. The number of amides is 2. The van der Waals surface area contributed by atoms with Crippen LogP contribution in [0.3, 0.4) is 0 Å². The molecule has 2 atom stereocenters. The van der Waals surface area contributed by atoms with Crippen LogP contribution in [-0.2, 0) is 38.8 Å². The number of sulfonamides is 1. The van der Waals surface area contributed by atoms with Crippen molar-refractivity contribution in [3.05, 3.63) is 101 Å². The molecule has 7 nitrogen and oxygen atoms in total. The van der Waals surface area contributed by atoms with Crippen molar-refractivity contribution in [2.75, 3.05) is 17.1 Å². The lowest BCUT2D eigenvalue weighted by molar-refractivity contribution is -0.141. The molecule has 0 spiro atoms. The average molecular weight is 636 g/mol. The van der Waals surface area contributed by atoms with Crippen LogP contribution in [-0.4, -0.2) is 50.0 Å². The number of anilines is 1. The fourth-order valence-electron chi connectivity index (χ4n) is 4.62. The Morgan fingerprint density at radius 3 is 2.18 bits per heavy atom. The van der Waals surface area contributed by atoms with Crippen LogP contribution in [0.15, 0.2) is 78.9 Å². The fraction of sp³-hybridized carbons (Fsp3) is 0.375. The van der Waals surface area contributed by atoms with Gasteiger partial charge in [0.05, 0.1) is 17.5 Å². The Hall–Kier alpha value is -3.93. The summed E-state index contributed by atoms with van der Waals surface area (Å²) in [6.07, 6.45) is -3.17. The van der Waals surface area contributed by atoms with Gasteiger partial charge < -0.3 is 10.2 Å². The first kappa shape index (κ1) is 34.6. The highest BCUT2D eigenvalue weighted by atomic mass is 32.2. The van der Waals surface area contributed by atoms with E-state index in [0.717, 1.165) is 34.3 Å². The van der Waals surface area contributed by atoms with Gasteiger partial charge >= 0.3 is 6.18 Å². The Labute approximate surface area is 255 Å². The van der Waals surface area contributed by atoms with Crippen LogP contribution in [0, 0.1) is 5.82 Å². The van der Waals surface area contributed by atoms with E-state index in [1.807, 2.05) is 44.2 Å². The van der Waals surface area contributed by atoms with E-state index in [1.165, 1.54) is 35.2 Å². The van der Waals surface area contributed by atoms with E-state index in [0.29, 0.717) is 12.0 Å². The summed E-state index contributed by atoms with van der Waals surface area (Å²) in [6.45, 7) is 3.47. The molecule has 238 valence electrons. The summed E-state index contributed by atoms with van der Waals surface area (Å²) in [6, 6.07) is 17.5. The van der Waals surface area contributed by atoms with E-state index < -0.39 is 39.5 Å². The molecule has 0 unspecified atom stereocenters. The summed E-state index contributed by atoms with van der Waals surface area (Å²) in [5, 5.41) is 2.94. The molecule has 0 aliphatic heterocycles. The van der Waals surface area contributed by atoms with Gasteiger partial charge in [-0.2, -0.15) is 13.2 Å². The highest BCUT2D eigenvalue weighted by Crippen LogP contribution is 2.32. The second-order valence-electron chi connectivity index (χ2n) is 10.7. The van der Waals surface area contributed by atoms with E-state index in [9.17, 15) is 35.6 Å². The fourth-order valence-corrected chi connectivity index (χ4v) is 5.58. The molecule has 0 aromatic heterocycles. The van der Waals surface area contributed by atoms with Crippen LogP contribution in [0.25, 0.3) is 0 Å². The second-order valence-corrected chi connectivity index (χ2v) is 12.6. The number of benzene rings is 3. The Morgan fingerprint density at radius 2 is 1.59 bits per heavy atom. The lowest BCUT2D eigenvalue weighted by Crippen LogP contribution is -2.52.